The fourth-order valence-electron chi connectivity index (χ4n) is 1.29. The minimum atomic E-state index is -0.336. The number of hydrogen-bond acceptors (Lipinski definition) is 3. The SMILES string of the molecule is CC(C)c1cc2cnc(=O)[nH]c2cn1. The van der Waals surface area contributed by atoms with Crippen molar-refractivity contribution in [3.05, 3.63) is 34.6 Å². The normalized spacial score (nSPS) is 11.1. The highest BCUT2D eigenvalue weighted by Crippen LogP contribution is 2.15. The lowest BCUT2D eigenvalue weighted by Crippen LogP contribution is -2.09. The average Bonchev–Trinajstić information content (AvgIpc) is 2.16. The molecule has 2 heterocycles. The Morgan fingerprint density at radius 1 is 1.29 bits per heavy atom. The first-order valence-corrected chi connectivity index (χ1v) is 4.52. The summed E-state index contributed by atoms with van der Waals surface area (Å²) in [4.78, 5) is 21.5. The third-order valence-electron chi connectivity index (χ3n) is 2.11. The molecule has 0 amide bonds. The van der Waals surface area contributed by atoms with Gasteiger partial charge in [-0.15, -0.1) is 0 Å². The number of H-pyrrole nitrogens is 1. The lowest BCUT2D eigenvalue weighted by atomic mass is 10.1. The number of fused-ring (bicyclic) bond motifs is 1. The first-order chi connectivity index (χ1) is 6.66. The third kappa shape index (κ3) is 1.51. The summed E-state index contributed by atoms with van der Waals surface area (Å²) >= 11 is 0. The van der Waals surface area contributed by atoms with E-state index in [1.807, 2.05) is 6.07 Å². The molecule has 0 aliphatic heterocycles. The Kier molecular flexibility index (Phi) is 2.04. The first-order valence-electron chi connectivity index (χ1n) is 4.52. The van der Waals surface area contributed by atoms with Crippen LogP contribution >= 0.6 is 0 Å². The van der Waals surface area contributed by atoms with E-state index in [0.29, 0.717) is 5.92 Å². The van der Waals surface area contributed by atoms with Crippen molar-refractivity contribution in [3.63, 3.8) is 0 Å². The van der Waals surface area contributed by atoms with Gasteiger partial charge in [-0.05, 0) is 12.0 Å². The zero-order valence-electron chi connectivity index (χ0n) is 8.11. The quantitative estimate of drug-likeness (QED) is 0.738. The van der Waals surface area contributed by atoms with Crippen molar-refractivity contribution in [1.29, 1.82) is 0 Å². The van der Waals surface area contributed by atoms with Gasteiger partial charge in [-0.1, -0.05) is 13.8 Å². The van der Waals surface area contributed by atoms with E-state index in [-0.39, 0.29) is 5.69 Å². The van der Waals surface area contributed by atoms with Gasteiger partial charge in [-0.3, -0.25) is 4.98 Å². The van der Waals surface area contributed by atoms with Crippen LogP contribution in [0.25, 0.3) is 10.9 Å². The zero-order chi connectivity index (χ0) is 10.1. The lowest BCUT2D eigenvalue weighted by Gasteiger charge is -2.04. The minimum Gasteiger partial charge on any atom is -0.304 e. The average molecular weight is 189 g/mol. The molecule has 2 aromatic rings. The van der Waals surface area contributed by atoms with Crippen LogP contribution in [0.1, 0.15) is 25.5 Å². The molecule has 2 aromatic heterocycles. The summed E-state index contributed by atoms with van der Waals surface area (Å²) in [5.41, 5.74) is 1.40. The Morgan fingerprint density at radius 3 is 2.79 bits per heavy atom. The highest BCUT2D eigenvalue weighted by atomic mass is 16.1. The molecule has 0 saturated carbocycles. The molecule has 4 heteroatoms. The first kappa shape index (κ1) is 8.87. The van der Waals surface area contributed by atoms with Gasteiger partial charge in [0.1, 0.15) is 0 Å². The van der Waals surface area contributed by atoms with Crippen molar-refractivity contribution in [2.45, 2.75) is 19.8 Å². The summed E-state index contributed by atoms with van der Waals surface area (Å²) in [7, 11) is 0. The van der Waals surface area contributed by atoms with Crippen LogP contribution in [0, 0.1) is 0 Å². The van der Waals surface area contributed by atoms with Crippen LogP contribution in [0.15, 0.2) is 23.3 Å². The number of rotatable bonds is 1. The summed E-state index contributed by atoms with van der Waals surface area (Å²) in [6, 6.07) is 1.95. The van der Waals surface area contributed by atoms with E-state index in [1.165, 1.54) is 0 Å². The van der Waals surface area contributed by atoms with Crippen molar-refractivity contribution >= 4 is 10.9 Å². The van der Waals surface area contributed by atoms with Crippen LogP contribution in [-0.4, -0.2) is 15.0 Å². The molecule has 0 unspecified atom stereocenters. The predicted octanol–water partition coefficient (Wildman–Crippen LogP) is 1.44. The third-order valence-corrected chi connectivity index (χ3v) is 2.11. The second-order valence-electron chi connectivity index (χ2n) is 3.54. The van der Waals surface area contributed by atoms with Gasteiger partial charge in [0, 0.05) is 17.3 Å². The molecule has 2 rings (SSSR count). The van der Waals surface area contributed by atoms with E-state index in [4.69, 9.17) is 0 Å². The van der Waals surface area contributed by atoms with Crippen molar-refractivity contribution in [2.75, 3.05) is 0 Å². The van der Waals surface area contributed by atoms with Crippen molar-refractivity contribution in [2.24, 2.45) is 0 Å². The second kappa shape index (κ2) is 3.21. The fraction of sp³-hybridized carbons (Fsp3) is 0.300. The standard InChI is InChI=1S/C10H11N3O/c1-6(2)8-3-7-4-12-10(14)13-9(7)5-11-8/h3-6H,1-2H3,(H,12,13,14). The second-order valence-corrected chi connectivity index (χ2v) is 3.54. The van der Waals surface area contributed by atoms with E-state index in [0.717, 1.165) is 16.6 Å². The highest BCUT2D eigenvalue weighted by Gasteiger charge is 2.02. The maximum Gasteiger partial charge on any atom is 0.345 e. The number of nitrogens with zero attached hydrogens (tertiary/aromatic N) is 2. The summed E-state index contributed by atoms with van der Waals surface area (Å²) in [6.45, 7) is 4.15. The van der Waals surface area contributed by atoms with Gasteiger partial charge in [0.15, 0.2) is 0 Å². The molecule has 0 fully saturated rings. The number of pyridine rings is 1. The molecule has 0 aromatic carbocycles. The molecule has 4 nitrogen and oxygen atoms in total. The van der Waals surface area contributed by atoms with Gasteiger partial charge in [-0.25, -0.2) is 9.78 Å². The molecule has 0 aliphatic carbocycles. The summed E-state index contributed by atoms with van der Waals surface area (Å²) < 4.78 is 0. The molecule has 0 aliphatic rings. The largest absolute Gasteiger partial charge is 0.345 e. The smallest absolute Gasteiger partial charge is 0.304 e. The lowest BCUT2D eigenvalue weighted by molar-refractivity contribution is 0.825. The molecule has 72 valence electrons. The number of aromatic nitrogens is 3. The van der Waals surface area contributed by atoms with E-state index < -0.39 is 0 Å². The summed E-state index contributed by atoms with van der Waals surface area (Å²) in [5, 5.41) is 0.920. The van der Waals surface area contributed by atoms with E-state index >= 15 is 0 Å². The fourth-order valence-corrected chi connectivity index (χ4v) is 1.29. The Labute approximate surface area is 81.0 Å². The van der Waals surface area contributed by atoms with Crippen LogP contribution in [0.2, 0.25) is 0 Å². The Hall–Kier alpha value is -1.71. The summed E-state index contributed by atoms with van der Waals surface area (Å²) in [6.07, 6.45) is 3.25. The van der Waals surface area contributed by atoms with Crippen molar-refractivity contribution in [3.8, 4) is 0 Å². The van der Waals surface area contributed by atoms with Gasteiger partial charge in [0.05, 0.1) is 11.7 Å². The van der Waals surface area contributed by atoms with Gasteiger partial charge in [-0.2, -0.15) is 0 Å². The Balaban J connectivity index is 2.67. The molecule has 0 radical (unpaired) electrons. The maximum atomic E-state index is 10.9. The zero-order valence-corrected chi connectivity index (χ0v) is 8.11. The minimum absolute atomic E-state index is 0.336. The molecule has 0 spiro atoms. The van der Waals surface area contributed by atoms with Crippen LogP contribution < -0.4 is 5.69 Å². The van der Waals surface area contributed by atoms with Crippen LogP contribution in [0.5, 0.6) is 0 Å². The molecule has 0 saturated heterocycles. The highest BCUT2D eigenvalue weighted by molar-refractivity contribution is 5.76. The molecule has 14 heavy (non-hydrogen) atoms. The topological polar surface area (TPSA) is 58.6 Å². The predicted molar refractivity (Wildman–Crippen MR) is 54.2 cm³/mol. The number of aromatic amines is 1. The molecular formula is C10H11N3O. The van der Waals surface area contributed by atoms with E-state index in [9.17, 15) is 4.79 Å². The van der Waals surface area contributed by atoms with Gasteiger partial charge >= 0.3 is 5.69 Å². The van der Waals surface area contributed by atoms with Crippen LogP contribution in [-0.2, 0) is 0 Å². The van der Waals surface area contributed by atoms with Crippen molar-refractivity contribution < 1.29 is 0 Å². The van der Waals surface area contributed by atoms with Crippen molar-refractivity contribution in [1.82, 2.24) is 15.0 Å². The molecule has 0 atom stereocenters. The monoisotopic (exact) mass is 189 g/mol. The molecular weight excluding hydrogens is 178 g/mol. The number of nitrogens with one attached hydrogen (secondary N) is 1. The van der Waals surface area contributed by atoms with Crippen LogP contribution in [0.4, 0.5) is 0 Å². The Bertz CT molecular complexity index is 516. The van der Waals surface area contributed by atoms with E-state index in [1.54, 1.807) is 12.4 Å². The molecule has 1 N–H and O–H groups in total. The van der Waals surface area contributed by atoms with E-state index in [2.05, 4.69) is 28.8 Å². The Morgan fingerprint density at radius 2 is 2.07 bits per heavy atom. The van der Waals surface area contributed by atoms with Gasteiger partial charge in [0.2, 0.25) is 0 Å². The van der Waals surface area contributed by atoms with Gasteiger partial charge in [0.25, 0.3) is 0 Å². The van der Waals surface area contributed by atoms with Crippen LogP contribution in [0.3, 0.4) is 0 Å². The summed E-state index contributed by atoms with van der Waals surface area (Å²) in [5.74, 6) is 0.381. The molecule has 0 bridgehead atoms. The maximum absolute atomic E-state index is 10.9. The van der Waals surface area contributed by atoms with Gasteiger partial charge < -0.3 is 4.98 Å². The number of hydrogen-bond donors (Lipinski definition) is 1.